The van der Waals surface area contributed by atoms with Crippen molar-refractivity contribution in [3.8, 4) is 0 Å². The number of amides is 3. The second-order valence-corrected chi connectivity index (χ2v) is 8.56. The Bertz CT molecular complexity index is 886. The Labute approximate surface area is 205 Å². The van der Waals surface area contributed by atoms with Crippen molar-refractivity contribution in [2.45, 2.75) is 59.5 Å². The highest BCUT2D eigenvalue weighted by Crippen LogP contribution is 2.19. The lowest BCUT2D eigenvalue weighted by molar-refractivity contribution is -0.136. The summed E-state index contributed by atoms with van der Waals surface area (Å²) >= 11 is 0. The molecule has 0 spiro atoms. The third-order valence-electron chi connectivity index (χ3n) is 4.11. The summed E-state index contributed by atoms with van der Waals surface area (Å²) in [5.41, 5.74) is -0.700. The van der Waals surface area contributed by atoms with Crippen molar-refractivity contribution in [1.29, 1.82) is 0 Å². The average Bonchev–Trinajstić information content (AvgIpc) is 2.77. The van der Waals surface area contributed by atoms with E-state index in [0.717, 1.165) is 12.8 Å². The highest BCUT2D eigenvalue weighted by Gasteiger charge is 2.23. The molecule has 0 fully saturated rings. The first-order chi connectivity index (χ1) is 16.5. The van der Waals surface area contributed by atoms with Crippen molar-refractivity contribution in [1.82, 2.24) is 25.9 Å². The molecule has 1 aromatic rings. The number of carbonyl (C=O) groups excluding carboxylic acids is 3. The van der Waals surface area contributed by atoms with Gasteiger partial charge in [-0.1, -0.05) is 13.8 Å². The monoisotopic (exact) mass is 495 g/mol. The highest BCUT2D eigenvalue weighted by atomic mass is 16.6. The van der Waals surface area contributed by atoms with Gasteiger partial charge in [0, 0.05) is 32.7 Å². The number of aromatic nitrogens is 2. The van der Waals surface area contributed by atoms with E-state index in [1.165, 1.54) is 0 Å². The number of nitrogens with zero attached hydrogens (tertiary/aromatic N) is 2. The summed E-state index contributed by atoms with van der Waals surface area (Å²) in [6, 6.07) is 0. The van der Waals surface area contributed by atoms with Gasteiger partial charge in [-0.2, -0.15) is 0 Å². The molecule has 13 nitrogen and oxygen atoms in total. The van der Waals surface area contributed by atoms with Gasteiger partial charge in [0.15, 0.2) is 23.0 Å². The van der Waals surface area contributed by atoms with Crippen LogP contribution in [0.3, 0.4) is 0 Å². The molecule has 196 valence electrons. The predicted octanol–water partition coefficient (Wildman–Crippen LogP) is 1.58. The number of alkyl carbamates (subject to hydrolysis) is 1. The van der Waals surface area contributed by atoms with Gasteiger partial charge in [-0.25, -0.2) is 14.8 Å². The number of rotatable bonds is 14. The first-order valence-electron chi connectivity index (χ1n) is 11.6. The maximum Gasteiger partial charge on any atom is 0.407 e. The molecule has 0 aromatic carbocycles. The fourth-order valence-corrected chi connectivity index (χ4v) is 2.59. The predicted molar refractivity (Wildman–Crippen MR) is 131 cm³/mol. The number of aliphatic carboxylic acids is 1. The molecule has 0 unspecified atom stereocenters. The van der Waals surface area contributed by atoms with Crippen molar-refractivity contribution in [2.24, 2.45) is 0 Å². The minimum Gasteiger partial charge on any atom is -0.481 e. The van der Waals surface area contributed by atoms with Gasteiger partial charge in [-0.3, -0.25) is 14.4 Å². The van der Waals surface area contributed by atoms with Crippen molar-refractivity contribution < 1.29 is 29.0 Å². The van der Waals surface area contributed by atoms with Gasteiger partial charge in [0.05, 0.1) is 6.42 Å². The number of hydrogen-bond acceptors (Lipinski definition) is 9. The van der Waals surface area contributed by atoms with Crippen LogP contribution in [0.5, 0.6) is 0 Å². The average molecular weight is 496 g/mol. The molecular weight excluding hydrogens is 458 g/mol. The maximum atomic E-state index is 12.9. The molecule has 6 N–H and O–H groups in total. The van der Waals surface area contributed by atoms with Gasteiger partial charge in [0.25, 0.3) is 11.8 Å². The second kappa shape index (κ2) is 14.6. The van der Waals surface area contributed by atoms with Gasteiger partial charge in [-0.05, 0) is 33.6 Å². The van der Waals surface area contributed by atoms with Crippen LogP contribution < -0.4 is 26.6 Å². The van der Waals surface area contributed by atoms with Crippen molar-refractivity contribution >= 4 is 35.5 Å². The molecule has 1 aromatic heterocycles. The van der Waals surface area contributed by atoms with Crippen molar-refractivity contribution in [3.63, 3.8) is 0 Å². The zero-order valence-corrected chi connectivity index (χ0v) is 21.0. The largest absolute Gasteiger partial charge is 0.481 e. The van der Waals surface area contributed by atoms with E-state index in [1.807, 2.05) is 13.8 Å². The third kappa shape index (κ3) is 11.4. The molecule has 3 amide bonds. The number of carbonyl (C=O) groups is 4. The molecule has 35 heavy (non-hydrogen) atoms. The molecule has 0 aliphatic rings. The molecule has 0 atom stereocenters. The lowest BCUT2D eigenvalue weighted by Gasteiger charge is -2.19. The van der Waals surface area contributed by atoms with E-state index in [4.69, 9.17) is 9.84 Å². The van der Waals surface area contributed by atoms with E-state index < -0.39 is 29.5 Å². The van der Waals surface area contributed by atoms with Crippen LogP contribution in [0.1, 0.15) is 74.9 Å². The van der Waals surface area contributed by atoms with Crippen LogP contribution in [0.4, 0.5) is 16.4 Å². The summed E-state index contributed by atoms with van der Waals surface area (Å²) in [6.45, 7) is 10.2. The van der Waals surface area contributed by atoms with Gasteiger partial charge >= 0.3 is 12.1 Å². The van der Waals surface area contributed by atoms with Crippen LogP contribution in [-0.4, -0.2) is 77.3 Å². The van der Waals surface area contributed by atoms with Crippen molar-refractivity contribution in [3.05, 3.63) is 11.4 Å². The number of carboxylic acids is 1. The Morgan fingerprint density at radius 3 is 1.66 bits per heavy atom. The molecule has 1 rings (SSSR count). The second-order valence-electron chi connectivity index (χ2n) is 8.56. The molecule has 0 bridgehead atoms. The van der Waals surface area contributed by atoms with Crippen LogP contribution >= 0.6 is 0 Å². The van der Waals surface area contributed by atoms with E-state index in [1.54, 1.807) is 20.8 Å². The SMILES string of the molecule is CCCNc1nc(C(=O)NCCC(=O)O)c(NCCC)nc1C(=O)NCCNC(=O)OC(C)(C)C. The van der Waals surface area contributed by atoms with Crippen LogP contribution in [0.25, 0.3) is 0 Å². The number of ether oxygens (including phenoxy) is 1. The topological polar surface area (TPSA) is 184 Å². The molecule has 0 saturated carbocycles. The number of nitrogens with one attached hydrogen (secondary N) is 5. The molecule has 0 aliphatic heterocycles. The summed E-state index contributed by atoms with van der Waals surface area (Å²) < 4.78 is 5.15. The standard InChI is InChI=1S/C22H37N7O6/c1-6-9-23-17-15(19(32)25-11-8-14(30)31)28-18(24-10-7-2)16(29-17)20(33)26-12-13-27-21(34)35-22(3,4)5/h6-13H2,1-5H3,(H,23,29)(H,24,28)(H,25,32)(H,26,33)(H,27,34)(H,30,31). The smallest absolute Gasteiger partial charge is 0.407 e. The Kier molecular flexibility index (Phi) is 12.2. The fourth-order valence-electron chi connectivity index (χ4n) is 2.59. The zero-order chi connectivity index (χ0) is 26.4. The minimum atomic E-state index is -1.04. The van der Waals surface area contributed by atoms with Gasteiger partial charge in [0.1, 0.15) is 5.60 Å². The van der Waals surface area contributed by atoms with Gasteiger partial charge < -0.3 is 36.4 Å². The van der Waals surface area contributed by atoms with Gasteiger partial charge in [0.2, 0.25) is 0 Å². The molecule has 13 heteroatoms. The summed E-state index contributed by atoms with van der Waals surface area (Å²) in [6.07, 6.45) is 0.630. The minimum absolute atomic E-state index is 0.0172. The fraction of sp³-hybridized carbons (Fsp3) is 0.636. The normalized spacial score (nSPS) is 10.8. The van der Waals surface area contributed by atoms with E-state index in [2.05, 4.69) is 36.6 Å². The maximum absolute atomic E-state index is 12.9. The lowest BCUT2D eigenvalue weighted by atomic mass is 10.2. The number of hydrogen-bond donors (Lipinski definition) is 6. The molecule has 0 radical (unpaired) electrons. The highest BCUT2D eigenvalue weighted by molar-refractivity contribution is 6.01. The molecule has 1 heterocycles. The van der Waals surface area contributed by atoms with Crippen LogP contribution in [0.15, 0.2) is 0 Å². The van der Waals surface area contributed by atoms with Crippen molar-refractivity contribution in [2.75, 3.05) is 43.4 Å². The van der Waals surface area contributed by atoms with E-state index in [0.29, 0.717) is 13.1 Å². The third-order valence-corrected chi connectivity index (χ3v) is 4.11. The number of carboxylic acid groups (broad SMARTS) is 1. The van der Waals surface area contributed by atoms with E-state index >= 15 is 0 Å². The van der Waals surface area contributed by atoms with Gasteiger partial charge in [-0.15, -0.1) is 0 Å². The molecule has 0 aliphatic carbocycles. The Morgan fingerprint density at radius 1 is 0.771 bits per heavy atom. The van der Waals surface area contributed by atoms with Crippen LogP contribution in [-0.2, 0) is 9.53 Å². The summed E-state index contributed by atoms with van der Waals surface area (Å²) in [4.78, 5) is 56.7. The Balaban J connectivity index is 3.03. The first-order valence-corrected chi connectivity index (χ1v) is 11.6. The Hall–Kier alpha value is -3.64. The van der Waals surface area contributed by atoms with E-state index in [-0.39, 0.29) is 49.1 Å². The summed E-state index contributed by atoms with van der Waals surface area (Å²) in [7, 11) is 0. The molecule has 0 saturated heterocycles. The zero-order valence-electron chi connectivity index (χ0n) is 21.0. The summed E-state index contributed by atoms with van der Waals surface area (Å²) in [5, 5.41) is 22.5. The quantitative estimate of drug-likeness (QED) is 0.207. The van der Waals surface area contributed by atoms with E-state index in [9.17, 15) is 19.2 Å². The van der Waals surface area contributed by atoms with Crippen LogP contribution in [0.2, 0.25) is 0 Å². The Morgan fingerprint density at radius 2 is 1.23 bits per heavy atom. The lowest BCUT2D eigenvalue weighted by Crippen LogP contribution is -2.38. The number of anilines is 2. The summed E-state index contributed by atoms with van der Waals surface area (Å²) in [5.74, 6) is -1.96. The van der Waals surface area contributed by atoms with Crippen LogP contribution in [0, 0.1) is 0 Å². The molecular formula is C22H37N7O6. The first kappa shape index (κ1) is 29.4.